The van der Waals surface area contributed by atoms with Crippen molar-refractivity contribution in [1.82, 2.24) is 9.88 Å². The van der Waals surface area contributed by atoms with Crippen molar-refractivity contribution in [2.24, 2.45) is 5.92 Å². The monoisotopic (exact) mass is 446 g/mol. The minimum absolute atomic E-state index is 0.0155. The van der Waals surface area contributed by atoms with Gasteiger partial charge in [-0.3, -0.25) is 9.69 Å². The highest BCUT2D eigenvalue weighted by atomic mass is 32.1. The van der Waals surface area contributed by atoms with Crippen LogP contribution in [-0.2, 0) is 17.9 Å². The third kappa shape index (κ3) is 5.94. The van der Waals surface area contributed by atoms with Gasteiger partial charge in [-0.15, -0.1) is 11.3 Å². The highest BCUT2D eigenvalue weighted by Crippen LogP contribution is 2.23. The maximum absolute atomic E-state index is 12.8. The van der Waals surface area contributed by atoms with Crippen LogP contribution in [0.25, 0.3) is 0 Å². The van der Waals surface area contributed by atoms with Crippen molar-refractivity contribution in [3.63, 3.8) is 0 Å². The average Bonchev–Trinajstić information content (AvgIpc) is 3.23. The van der Waals surface area contributed by atoms with Gasteiger partial charge in [0, 0.05) is 29.6 Å². The molecule has 1 aliphatic heterocycles. The molecule has 32 heavy (non-hydrogen) atoms. The van der Waals surface area contributed by atoms with E-state index in [2.05, 4.69) is 26.6 Å². The van der Waals surface area contributed by atoms with E-state index in [1.165, 1.54) is 0 Å². The molecule has 0 atom stereocenters. The van der Waals surface area contributed by atoms with E-state index in [1.54, 1.807) is 17.4 Å². The lowest BCUT2D eigenvalue weighted by atomic mass is 9.95. The molecule has 2 heterocycles. The summed E-state index contributed by atoms with van der Waals surface area (Å²) in [6, 6.07) is 16.9. The van der Waals surface area contributed by atoms with Gasteiger partial charge in [-0.1, -0.05) is 18.2 Å². The Hall–Kier alpha value is -3.21. The molecule has 0 aliphatic carbocycles. The van der Waals surface area contributed by atoms with Crippen LogP contribution in [0.3, 0.4) is 0 Å². The molecule has 0 unspecified atom stereocenters. The first kappa shape index (κ1) is 22.0. The molecule has 7 heteroatoms. The largest absolute Gasteiger partial charge is 0.489 e. The Morgan fingerprint density at radius 1 is 1.25 bits per heavy atom. The number of ether oxygens (including phenoxy) is 1. The number of aryl methyl sites for hydroxylation is 1. The zero-order chi connectivity index (χ0) is 22.3. The number of hydrogen-bond donors (Lipinski definition) is 1. The van der Waals surface area contributed by atoms with Gasteiger partial charge in [0.25, 0.3) is 0 Å². The number of likely N-dealkylation sites (tertiary alicyclic amines) is 1. The zero-order valence-electron chi connectivity index (χ0n) is 18.1. The lowest BCUT2D eigenvalue weighted by molar-refractivity contribution is -0.121. The molecule has 0 spiro atoms. The summed E-state index contributed by atoms with van der Waals surface area (Å²) >= 11 is 1.68. The fourth-order valence-electron chi connectivity index (χ4n) is 3.87. The predicted octanol–water partition coefficient (Wildman–Crippen LogP) is 4.75. The van der Waals surface area contributed by atoms with Crippen LogP contribution in [0.2, 0.25) is 0 Å². The van der Waals surface area contributed by atoms with Crippen molar-refractivity contribution in [3.05, 3.63) is 75.7 Å². The summed E-state index contributed by atoms with van der Waals surface area (Å²) in [6.45, 7) is 5.05. The van der Waals surface area contributed by atoms with Crippen molar-refractivity contribution in [2.45, 2.75) is 32.9 Å². The molecule has 0 bridgehead atoms. The van der Waals surface area contributed by atoms with Crippen molar-refractivity contribution in [3.8, 4) is 11.8 Å². The lowest BCUT2D eigenvalue weighted by Crippen LogP contribution is -2.37. The fourth-order valence-corrected chi connectivity index (χ4v) is 4.47. The minimum Gasteiger partial charge on any atom is -0.489 e. The lowest BCUT2D eigenvalue weighted by Gasteiger charge is -2.30. The Bertz CT molecular complexity index is 1110. The second-order valence-electron chi connectivity index (χ2n) is 8.03. The van der Waals surface area contributed by atoms with Gasteiger partial charge in [-0.25, -0.2) is 4.98 Å². The number of nitrogens with zero attached hydrogens (tertiary/aromatic N) is 3. The number of nitriles is 1. The number of anilines is 1. The maximum atomic E-state index is 12.8. The van der Waals surface area contributed by atoms with Crippen molar-refractivity contribution >= 4 is 22.9 Å². The summed E-state index contributed by atoms with van der Waals surface area (Å²) in [5.41, 5.74) is 3.39. The van der Waals surface area contributed by atoms with E-state index >= 15 is 0 Å². The molecule has 1 aromatic heterocycles. The number of thiazole rings is 1. The van der Waals surface area contributed by atoms with Crippen LogP contribution in [0, 0.1) is 24.2 Å². The molecule has 2 aromatic carbocycles. The number of hydrogen-bond acceptors (Lipinski definition) is 6. The summed E-state index contributed by atoms with van der Waals surface area (Å²) in [4.78, 5) is 19.7. The van der Waals surface area contributed by atoms with Crippen molar-refractivity contribution in [1.29, 1.82) is 5.26 Å². The Morgan fingerprint density at radius 2 is 2.06 bits per heavy atom. The van der Waals surface area contributed by atoms with E-state index < -0.39 is 0 Å². The van der Waals surface area contributed by atoms with Gasteiger partial charge in [0.1, 0.15) is 12.4 Å². The number of nitrogens with one attached hydrogen (secondary N) is 1. The average molecular weight is 447 g/mol. The molecule has 0 radical (unpaired) electrons. The molecule has 0 saturated carbocycles. The standard InChI is InChI=1S/C25H26N4O2S/c1-18-27-23(17-32-18)15-29-10-8-21(9-11-29)25(30)28-22-6-3-7-24(13-22)31-16-20-5-2-4-19(12-20)14-26/h2-7,12-13,17,21H,8-11,15-16H2,1H3,(H,28,30). The number of rotatable bonds is 7. The van der Waals surface area contributed by atoms with Gasteiger partial charge in [-0.05, 0) is 62.7 Å². The summed E-state index contributed by atoms with van der Waals surface area (Å²) in [7, 11) is 0. The molecule has 6 nitrogen and oxygen atoms in total. The molecule has 1 fully saturated rings. The van der Waals surface area contributed by atoms with E-state index in [1.807, 2.05) is 49.4 Å². The van der Waals surface area contributed by atoms with E-state index in [9.17, 15) is 4.79 Å². The number of aromatic nitrogens is 1. The van der Waals surface area contributed by atoms with Gasteiger partial charge in [-0.2, -0.15) is 5.26 Å². The van der Waals surface area contributed by atoms with Crippen LogP contribution in [0.1, 0.15) is 34.7 Å². The summed E-state index contributed by atoms with van der Waals surface area (Å²) in [5.74, 6) is 0.758. The highest BCUT2D eigenvalue weighted by molar-refractivity contribution is 7.09. The van der Waals surface area contributed by atoms with Gasteiger partial charge >= 0.3 is 0 Å². The van der Waals surface area contributed by atoms with Crippen molar-refractivity contribution < 1.29 is 9.53 Å². The van der Waals surface area contributed by atoms with Gasteiger partial charge < -0.3 is 10.1 Å². The van der Waals surface area contributed by atoms with Crippen LogP contribution < -0.4 is 10.1 Å². The molecular weight excluding hydrogens is 420 g/mol. The number of carbonyl (C=O) groups excluding carboxylic acids is 1. The molecule has 4 rings (SSSR count). The van der Waals surface area contributed by atoms with Gasteiger partial charge in [0.2, 0.25) is 5.91 Å². The third-order valence-corrected chi connectivity index (χ3v) is 6.40. The molecule has 1 aliphatic rings. The van der Waals surface area contributed by atoms with Crippen molar-refractivity contribution in [2.75, 3.05) is 18.4 Å². The Kier molecular flexibility index (Phi) is 7.15. The van der Waals surface area contributed by atoms with Gasteiger partial charge in [0.15, 0.2) is 0 Å². The van der Waals surface area contributed by atoms with Crippen LogP contribution in [0.4, 0.5) is 5.69 Å². The molecule has 1 amide bonds. The molecular formula is C25H26N4O2S. The smallest absolute Gasteiger partial charge is 0.227 e. The Labute approximate surface area is 192 Å². The second-order valence-corrected chi connectivity index (χ2v) is 9.09. The van der Waals surface area contributed by atoms with Crippen LogP contribution in [-0.4, -0.2) is 28.9 Å². The topological polar surface area (TPSA) is 78.2 Å². The quantitative estimate of drug-likeness (QED) is 0.566. The molecule has 3 aromatic rings. The SMILES string of the molecule is Cc1nc(CN2CCC(C(=O)Nc3cccc(OCc4cccc(C#N)c4)c3)CC2)cs1. The second kappa shape index (κ2) is 10.4. The summed E-state index contributed by atoms with van der Waals surface area (Å²) < 4.78 is 5.86. The first-order valence-corrected chi connectivity index (χ1v) is 11.6. The third-order valence-electron chi connectivity index (χ3n) is 5.57. The Morgan fingerprint density at radius 3 is 2.81 bits per heavy atom. The Balaban J connectivity index is 1.27. The number of piperidine rings is 1. The predicted molar refractivity (Wildman–Crippen MR) is 125 cm³/mol. The first-order valence-electron chi connectivity index (χ1n) is 10.7. The van der Waals surface area contributed by atoms with Crippen LogP contribution in [0.5, 0.6) is 5.75 Å². The van der Waals surface area contributed by atoms with E-state index in [4.69, 9.17) is 10.00 Å². The minimum atomic E-state index is 0.0155. The number of benzene rings is 2. The first-order chi connectivity index (χ1) is 15.6. The summed E-state index contributed by atoms with van der Waals surface area (Å²) in [6.07, 6.45) is 1.70. The van der Waals surface area contributed by atoms with E-state index in [-0.39, 0.29) is 11.8 Å². The van der Waals surface area contributed by atoms with Crippen LogP contribution >= 0.6 is 11.3 Å². The molecule has 1 saturated heterocycles. The maximum Gasteiger partial charge on any atom is 0.227 e. The fraction of sp³-hybridized carbons (Fsp3) is 0.320. The van der Waals surface area contributed by atoms with E-state index in [0.717, 1.165) is 54.4 Å². The van der Waals surface area contributed by atoms with Crippen LogP contribution in [0.15, 0.2) is 53.9 Å². The highest BCUT2D eigenvalue weighted by Gasteiger charge is 2.25. The van der Waals surface area contributed by atoms with Gasteiger partial charge in [0.05, 0.1) is 22.3 Å². The summed E-state index contributed by atoms with van der Waals surface area (Å²) in [5, 5.41) is 15.3. The zero-order valence-corrected chi connectivity index (χ0v) is 18.9. The number of carbonyl (C=O) groups is 1. The molecule has 164 valence electrons. The number of amides is 1. The van der Waals surface area contributed by atoms with E-state index in [0.29, 0.717) is 17.9 Å². The normalized spacial score (nSPS) is 14.6. The molecule has 1 N–H and O–H groups in total.